The minimum absolute atomic E-state index is 0.0951. The molecule has 0 bridgehead atoms. The first-order valence-electron chi connectivity index (χ1n) is 5.65. The summed E-state index contributed by atoms with van der Waals surface area (Å²) in [4.78, 5) is 0. The van der Waals surface area contributed by atoms with Crippen molar-refractivity contribution in [2.45, 2.75) is 57.1 Å². The molecule has 2 aliphatic rings. The molecular formula is C11H20O5. The molecular weight excluding hydrogens is 212 g/mol. The highest BCUT2D eigenvalue weighted by atomic mass is 16.8. The molecule has 1 N–H and O–H groups in total. The second kappa shape index (κ2) is 3.92. The van der Waals surface area contributed by atoms with Gasteiger partial charge in [-0.05, 0) is 20.3 Å². The number of fused-ring (bicyclic) bond motifs is 1. The molecule has 5 heteroatoms. The Hall–Kier alpha value is -0.200. The van der Waals surface area contributed by atoms with Crippen LogP contribution in [0.3, 0.4) is 0 Å². The van der Waals surface area contributed by atoms with Gasteiger partial charge < -0.3 is 24.1 Å². The zero-order valence-electron chi connectivity index (χ0n) is 10.2. The van der Waals surface area contributed by atoms with Crippen LogP contribution >= 0.6 is 0 Å². The Bertz CT molecular complexity index is 261. The molecule has 0 saturated carbocycles. The van der Waals surface area contributed by atoms with Crippen molar-refractivity contribution < 1.29 is 24.1 Å². The summed E-state index contributed by atoms with van der Waals surface area (Å²) in [6.45, 7) is 5.54. The van der Waals surface area contributed by atoms with Crippen molar-refractivity contribution in [1.82, 2.24) is 0 Å². The summed E-state index contributed by atoms with van der Waals surface area (Å²) >= 11 is 0. The number of aliphatic hydroxyl groups is 1. The highest BCUT2D eigenvalue weighted by molar-refractivity contribution is 5.03. The average Bonchev–Trinajstić information content (AvgIpc) is 2.66. The second-order valence-corrected chi connectivity index (χ2v) is 4.82. The first kappa shape index (κ1) is 12.3. The van der Waals surface area contributed by atoms with Crippen LogP contribution in [0.5, 0.6) is 0 Å². The molecule has 0 aliphatic carbocycles. The van der Waals surface area contributed by atoms with Crippen LogP contribution < -0.4 is 0 Å². The summed E-state index contributed by atoms with van der Waals surface area (Å²) in [6, 6.07) is 0. The fourth-order valence-corrected chi connectivity index (χ4v) is 2.52. The molecule has 4 unspecified atom stereocenters. The number of hydrogen-bond donors (Lipinski definition) is 1. The highest BCUT2D eigenvalue weighted by Crippen LogP contribution is 2.44. The highest BCUT2D eigenvalue weighted by Gasteiger charge is 2.61. The normalized spacial score (nSPS) is 45.9. The Balaban J connectivity index is 2.21. The van der Waals surface area contributed by atoms with Crippen LogP contribution in [-0.2, 0) is 18.9 Å². The zero-order valence-corrected chi connectivity index (χ0v) is 10.2. The van der Waals surface area contributed by atoms with E-state index < -0.39 is 17.7 Å². The van der Waals surface area contributed by atoms with Gasteiger partial charge in [-0.25, -0.2) is 0 Å². The summed E-state index contributed by atoms with van der Waals surface area (Å²) < 4.78 is 22.6. The maximum absolute atomic E-state index is 9.49. The van der Waals surface area contributed by atoms with Gasteiger partial charge in [0, 0.05) is 7.11 Å². The molecule has 0 spiro atoms. The lowest BCUT2D eigenvalue weighted by atomic mass is 9.93. The molecule has 0 aromatic heterocycles. The van der Waals surface area contributed by atoms with Gasteiger partial charge in [-0.15, -0.1) is 0 Å². The van der Waals surface area contributed by atoms with Gasteiger partial charge in [0.25, 0.3) is 0 Å². The van der Waals surface area contributed by atoms with Crippen LogP contribution in [0.15, 0.2) is 0 Å². The average molecular weight is 232 g/mol. The van der Waals surface area contributed by atoms with Gasteiger partial charge in [-0.1, -0.05) is 6.92 Å². The third kappa shape index (κ3) is 1.67. The van der Waals surface area contributed by atoms with Gasteiger partial charge in [0.1, 0.15) is 17.8 Å². The maximum Gasteiger partial charge on any atom is 0.190 e. The fourth-order valence-electron chi connectivity index (χ4n) is 2.52. The Morgan fingerprint density at radius 2 is 1.94 bits per heavy atom. The van der Waals surface area contributed by atoms with Crippen molar-refractivity contribution in [2.24, 2.45) is 0 Å². The zero-order chi connectivity index (χ0) is 12.0. The Labute approximate surface area is 95.6 Å². The quantitative estimate of drug-likeness (QED) is 0.774. The lowest BCUT2D eigenvalue weighted by Crippen LogP contribution is -2.48. The molecule has 0 radical (unpaired) electrons. The van der Waals surface area contributed by atoms with Crippen molar-refractivity contribution in [3.05, 3.63) is 0 Å². The van der Waals surface area contributed by atoms with E-state index in [9.17, 15) is 5.11 Å². The fraction of sp³-hybridized carbons (Fsp3) is 1.00. The van der Waals surface area contributed by atoms with E-state index >= 15 is 0 Å². The van der Waals surface area contributed by atoms with E-state index in [0.717, 1.165) is 0 Å². The van der Waals surface area contributed by atoms with E-state index in [4.69, 9.17) is 18.9 Å². The van der Waals surface area contributed by atoms with Crippen LogP contribution in [-0.4, -0.2) is 48.7 Å². The van der Waals surface area contributed by atoms with Gasteiger partial charge >= 0.3 is 0 Å². The predicted octanol–water partition coefficient (Wildman–Crippen LogP) is 0.650. The molecule has 2 fully saturated rings. The Morgan fingerprint density at radius 3 is 2.44 bits per heavy atom. The molecule has 0 aromatic carbocycles. The van der Waals surface area contributed by atoms with Crippen LogP contribution in [0.2, 0.25) is 0 Å². The molecule has 2 heterocycles. The lowest BCUT2D eigenvalue weighted by molar-refractivity contribution is -0.248. The second-order valence-electron chi connectivity index (χ2n) is 4.82. The summed E-state index contributed by atoms with van der Waals surface area (Å²) in [6.07, 6.45) is -0.365. The number of methoxy groups -OCH3 is 1. The minimum Gasteiger partial charge on any atom is -0.393 e. The van der Waals surface area contributed by atoms with E-state index in [1.165, 1.54) is 0 Å². The topological polar surface area (TPSA) is 57.2 Å². The number of hydrogen-bond acceptors (Lipinski definition) is 5. The number of aliphatic hydroxyl groups excluding tert-OH is 1. The van der Waals surface area contributed by atoms with Gasteiger partial charge in [-0.2, -0.15) is 0 Å². The minimum atomic E-state index is -0.708. The van der Waals surface area contributed by atoms with Crippen molar-refractivity contribution in [2.75, 3.05) is 13.7 Å². The van der Waals surface area contributed by atoms with Gasteiger partial charge in [0.2, 0.25) is 0 Å². The number of rotatable bonds is 3. The van der Waals surface area contributed by atoms with E-state index in [1.807, 2.05) is 20.8 Å². The van der Waals surface area contributed by atoms with Crippen molar-refractivity contribution >= 4 is 0 Å². The summed E-state index contributed by atoms with van der Waals surface area (Å²) in [5.41, 5.74) is -0.708. The van der Waals surface area contributed by atoms with E-state index in [0.29, 0.717) is 6.42 Å². The molecule has 0 amide bonds. The largest absolute Gasteiger partial charge is 0.393 e. The van der Waals surface area contributed by atoms with Crippen molar-refractivity contribution in [3.63, 3.8) is 0 Å². The third-order valence-corrected chi connectivity index (χ3v) is 3.38. The van der Waals surface area contributed by atoms with Gasteiger partial charge in [0.05, 0.1) is 6.61 Å². The molecule has 2 saturated heterocycles. The third-order valence-electron chi connectivity index (χ3n) is 3.38. The molecule has 16 heavy (non-hydrogen) atoms. The molecule has 94 valence electrons. The van der Waals surface area contributed by atoms with Crippen molar-refractivity contribution in [1.29, 1.82) is 0 Å². The van der Waals surface area contributed by atoms with Crippen molar-refractivity contribution in [3.8, 4) is 0 Å². The lowest BCUT2D eigenvalue weighted by Gasteiger charge is -2.33. The Morgan fingerprint density at radius 1 is 1.25 bits per heavy atom. The maximum atomic E-state index is 9.49. The van der Waals surface area contributed by atoms with Crippen LogP contribution in [0.25, 0.3) is 0 Å². The standard InChI is InChI=1S/C11H20O5/c1-5-11(6-12)8(13-4)7-9(16-11)15-10(2,3)14-7/h7-9,12H,5-6H2,1-4H3. The van der Waals surface area contributed by atoms with Crippen LogP contribution in [0.1, 0.15) is 27.2 Å². The summed E-state index contributed by atoms with van der Waals surface area (Å²) in [5, 5.41) is 9.49. The van der Waals surface area contributed by atoms with Gasteiger partial charge in [0.15, 0.2) is 12.1 Å². The SMILES string of the molecule is CCC1(CO)OC2OC(C)(C)OC2C1OC. The smallest absolute Gasteiger partial charge is 0.190 e. The molecule has 2 rings (SSSR count). The van der Waals surface area contributed by atoms with Gasteiger partial charge in [-0.3, -0.25) is 0 Å². The molecule has 4 atom stereocenters. The summed E-state index contributed by atoms with van der Waals surface area (Å²) in [5.74, 6) is -0.651. The first-order chi connectivity index (χ1) is 7.48. The Kier molecular flexibility index (Phi) is 3.01. The predicted molar refractivity (Wildman–Crippen MR) is 55.8 cm³/mol. The van der Waals surface area contributed by atoms with E-state index in [1.54, 1.807) is 7.11 Å². The summed E-state index contributed by atoms with van der Waals surface area (Å²) in [7, 11) is 1.60. The number of ether oxygens (including phenoxy) is 4. The molecule has 2 aliphatic heterocycles. The van der Waals surface area contributed by atoms with E-state index in [2.05, 4.69) is 0 Å². The molecule has 5 nitrogen and oxygen atoms in total. The monoisotopic (exact) mass is 232 g/mol. The van der Waals surface area contributed by atoms with Crippen LogP contribution in [0, 0.1) is 0 Å². The molecule has 0 aromatic rings. The van der Waals surface area contributed by atoms with Crippen LogP contribution in [0.4, 0.5) is 0 Å². The first-order valence-corrected chi connectivity index (χ1v) is 5.65. The van der Waals surface area contributed by atoms with E-state index in [-0.39, 0.29) is 18.8 Å².